The second-order valence-corrected chi connectivity index (χ2v) is 6.46. The molecule has 0 aromatic heterocycles. The number of ether oxygens (including phenoxy) is 1. The van der Waals surface area contributed by atoms with Gasteiger partial charge in [-0.1, -0.05) is 24.3 Å². The third-order valence-corrected chi connectivity index (χ3v) is 4.62. The number of morpholine rings is 1. The highest BCUT2D eigenvalue weighted by molar-refractivity contribution is 5.76. The molecule has 0 saturated carbocycles. The number of amides is 1. The Balaban J connectivity index is 1.49. The van der Waals surface area contributed by atoms with Gasteiger partial charge < -0.3 is 15.4 Å². The van der Waals surface area contributed by atoms with Crippen LogP contribution in [0.25, 0.3) is 0 Å². The molecule has 2 N–H and O–H groups in total. The van der Waals surface area contributed by atoms with Crippen LogP contribution in [0.3, 0.4) is 0 Å². The van der Waals surface area contributed by atoms with Gasteiger partial charge in [0.2, 0.25) is 5.91 Å². The van der Waals surface area contributed by atoms with Gasteiger partial charge in [0.1, 0.15) is 0 Å². The Morgan fingerprint density at radius 1 is 1.26 bits per heavy atom. The van der Waals surface area contributed by atoms with E-state index in [-0.39, 0.29) is 11.9 Å². The number of nitrogens with zero attached hydrogens (tertiary/aromatic N) is 1. The molecule has 2 aliphatic heterocycles. The summed E-state index contributed by atoms with van der Waals surface area (Å²) in [5.74, 6) is 0.0870. The van der Waals surface area contributed by atoms with Gasteiger partial charge in [-0.05, 0) is 37.1 Å². The normalized spacial score (nSPS) is 22.2. The van der Waals surface area contributed by atoms with Crippen molar-refractivity contribution in [3.8, 4) is 0 Å². The summed E-state index contributed by atoms with van der Waals surface area (Å²) >= 11 is 0. The van der Waals surface area contributed by atoms with Crippen molar-refractivity contribution in [1.82, 2.24) is 15.5 Å². The van der Waals surface area contributed by atoms with Crippen molar-refractivity contribution >= 4 is 5.91 Å². The van der Waals surface area contributed by atoms with Gasteiger partial charge in [0.05, 0.1) is 13.2 Å². The molecule has 0 spiro atoms. The topological polar surface area (TPSA) is 53.6 Å². The van der Waals surface area contributed by atoms with Crippen molar-refractivity contribution < 1.29 is 9.53 Å². The zero-order valence-electron chi connectivity index (χ0n) is 13.7. The second-order valence-electron chi connectivity index (χ2n) is 6.46. The molecule has 2 aliphatic rings. The van der Waals surface area contributed by atoms with Crippen molar-refractivity contribution in [3.05, 3.63) is 35.4 Å². The SMILES string of the molecule is O=C(CC1COCCN1)NCc1ccccc1CN1CCCC1. The Kier molecular flexibility index (Phi) is 6.02. The molecular formula is C18H27N3O2. The van der Waals surface area contributed by atoms with E-state index in [2.05, 4.69) is 33.7 Å². The molecule has 1 atom stereocenters. The van der Waals surface area contributed by atoms with Gasteiger partial charge in [-0.3, -0.25) is 9.69 Å². The molecule has 5 heteroatoms. The van der Waals surface area contributed by atoms with Gasteiger partial charge in [0, 0.05) is 32.1 Å². The molecule has 0 bridgehead atoms. The largest absolute Gasteiger partial charge is 0.378 e. The van der Waals surface area contributed by atoms with E-state index in [0.717, 1.165) is 19.7 Å². The highest BCUT2D eigenvalue weighted by Gasteiger charge is 2.17. The van der Waals surface area contributed by atoms with Crippen LogP contribution < -0.4 is 10.6 Å². The highest BCUT2D eigenvalue weighted by atomic mass is 16.5. The maximum absolute atomic E-state index is 12.1. The summed E-state index contributed by atoms with van der Waals surface area (Å²) in [5, 5.41) is 6.37. The Morgan fingerprint density at radius 2 is 2.04 bits per heavy atom. The number of rotatable bonds is 6. The van der Waals surface area contributed by atoms with Gasteiger partial charge in [-0.15, -0.1) is 0 Å². The van der Waals surface area contributed by atoms with Crippen LogP contribution in [0, 0.1) is 0 Å². The molecule has 23 heavy (non-hydrogen) atoms. The maximum Gasteiger partial charge on any atom is 0.221 e. The summed E-state index contributed by atoms with van der Waals surface area (Å²) in [6, 6.07) is 8.57. The van der Waals surface area contributed by atoms with Crippen molar-refractivity contribution in [2.75, 3.05) is 32.8 Å². The fourth-order valence-corrected chi connectivity index (χ4v) is 3.31. The average molecular weight is 317 g/mol. The molecule has 5 nitrogen and oxygen atoms in total. The molecule has 1 unspecified atom stereocenters. The third-order valence-electron chi connectivity index (χ3n) is 4.62. The lowest BCUT2D eigenvalue weighted by Gasteiger charge is -2.23. The zero-order chi connectivity index (χ0) is 15.9. The lowest BCUT2D eigenvalue weighted by atomic mass is 10.1. The smallest absolute Gasteiger partial charge is 0.221 e. The molecule has 3 rings (SSSR count). The van der Waals surface area contributed by atoms with E-state index in [9.17, 15) is 4.79 Å². The summed E-state index contributed by atoms with van der Waals surface area (Å²) in [6.07, 6.45) is 3.08. The Labute approximate surface area is 138 Å². The van der Waals surface area contributed by atoms with Crippen LogP contribution in [0.5, 0.6) is 0 Å². The first-order valence-electron chi connectivity index (χ1n) is 8.68. The van der Waals surface area contributed by atoms with Crippen LogP contribution in [0.4, 0.5) is 0 Å². The van der Waals surface area contributed by atoms with E-state index in [1.165, 1.54) is 37.1 Å². The van der Waals surface area contributed by atoms with Gasteiger partial charge >= 0.3 is 0 Å². The minimum Gasteiger partial charge on any atom is -0.378 e. The fraction of sp³-hybridized carbons (Fsp3) is 0.611. The molecule has 2 saturated heterocycles. The van der Waals surface area contributed by atoms with E-state index in [0.29, 0.717) is 19.6 Å². The van der Waals surface area contributed by atoms with E-state index in [1.807, 2.05) is 6.07 Å². The highest BCUT2D eigenvalue weighted by Crippen LogP contribution is 2.16. The number of carbonyl (C=O) groups excluding carboxylic acids is 1. The predicted octanol–water partition coefficient (Wildman–Crippen LogP) is 1.28. The zero-order valence-corrected chi connectivity index (χ0v) is 13.7. The monoisotopic (exact) mass is 317 g/mol. The quantitative estimate of drug-likeness (QED) is 0.830. The van der Waals surface area contributed by atoms with Crippen molar-refractivity contribution in [1.29, 1.82) is 0 Å². The van der Waals surface area contributed by atoms with Gasteiger partial charge in [-0.2, -0.15) is 0 Å². The number of hydrogen-bond donors (Lipinski definition) is 2. The molecule has 2 heterocycles. The lowest BCUT2D eigenvalue weighted by Crippen LogP contribution is -2.44. The van der Waals surface area contributed by atoms with Crippen molar-refractivity contribution in [2.45, 2.75) is 38.4 Å². The van der Waals surface area contributed by atoms with Crippen LogP contribution in [-0.4, -0.2) is 49.7 Å². The molecule has 126 valence electrons. The summed E-state index contributed by atoms with van der Waals surface area (Å²) < 4.78 is 5.39. The average Bonchev–Trinajstić information content (AvgIpc) is 3.08. The first-order chi connectivity index (χ1) is 11.3. The summed E-state index contributed by atoms with van der Waals surface area (Å²) in [4.78, 5) is 14.6. The van der Waals surface area contributed by atoms with Gasteiger partial charge in [-0.25, -0.2) is 0 Å². The van der Waals surface area contributed by atoms with Crippen LogP contribution in [-0.2, 0) is 22.6 Å². The van der Waals surface area contributed by atoms with Crippen LogP contribution in [0.2, 0.25) is 0 Å². The molecular weight excluding hydrogens is 290 g/mol. The molecule has 0 radical (unpaired) electrons. The number of benzene rings is 1. The Hall–Kier alpha value is -1.43. The first kappa shape index (κ1) is 16.4. The molecule has 0 aliphatic carbocycles. The van der Waals surface area contributed by atoms with Gasteiger partial charge in [0.15, 0.2) is 0 Å². The Bertz CT molecular complexity index is 509. The number of carbonyl (C=O) groups is 1. The number of nitrogens with one attached hydrogen (secondary N) is 2. The fourth-order valence-electron chi connectivity index (χ4n) is 3.31. The Morgan fingerprint density at radius 3 is 2.78 bits per heavy atom. The number of hydrogen-bond acceptors (Lipinski definition) is 4. The van der Waals surface area contributed by atoms with E-state index in [1.54, 1.807) is 0 Å². The summed E-state index contributed by atoms with van der Waals surface area (Å²) in [7, 11) is 0. The van der Waals surface area contributed by atoms with E-state index >= 15 is 0 Å². The van der Waals surface area contributed by atoms with E-state index in [4.69, 9.17) is 4.74 Å². The van der Waals surface area contributed by atoms with Crippen molar-refractivity contribution in [2.24, 2.45) is 0 Å². The number of likely N-dealkylation sites (tertiary alicyclic amines) is 1. The first-order valence-corrected chi connectivity index (χ1v) is 8.68. The standard InChI is InChI=1S/C18H27N3O2/c22-18(11-17-14-23-10-7-19-17)20-12-15-5-1-2-6-16(15)13-21-8-3-4-9-21/h1-2,5-6,17,19H,3-4,7-14H2,(H,20,22). The molecule has 1 amide bonds. The summed E-state index contributed by atoms with van der Waals surface area (Å²) in [6.45, 7) is 6.17. The predicted molar refractivity (Wildman–Crippen MR) is 90.0 cm³/mol. The van der Waals surface area contributed by atoms with Crippen molar-refractivity contribution in [3.63, 3.8) is 0 Å². The van der Waals surface area contributed by atoms with Crippen LogP contribution in [0.1, 0.15) is 30.4 Å². The van der Waals surface area contributed by atoms with E-state index < -0.39 is 0 Å². The van der Waals surface area contributed by atoms with Crippen LogP contribution >= 0.6 is 0 Å². The minimum absolute atomic E-state index is 0.0870. The van der Waals surface area contributed by atoms with Gasteiger partial charge in [0.25, 0.3) is 0 Å². The van der Waals surface area contributed by atoms with Crippen LogP contribution in [0.15, 0.2) is 24.3 Å². The molecule has 1 aromatic carbocycles. The molecule has 2 fully saturated rings. The molecule has 1 aromatic rings. The maximum atomic E-state index is 12.1. The minimum atomic E-state index is 0.0870. The second kappa shape index (κ2) is 8.43. The third kappa shape index (κ3) is 5.03. The lowest BCUT2D eigenvalue weighted by molar-refractivity contribution is -0.122. The summed E-state index contributed by atoms with van der Waals surface area (Å²) in [5.41, 5.74) is 2.55.